The van der Waals surface area contributed by atoms with Crippen molar-refractivity contribution >= 4 is 0 Å². The van der Waals surface area contributed by atoms with Gasteiger partial charge in [-0.2, -0.15) is 0 Å². The van der Waals surface area contributed by atoms with E-state index >= 15 is 0 Å². The molecule has 1 N–H and O–H groups in total. The van der Waals surface area contributed by atoms with E-state index in [1.807, 2.05) is 0 Å². The third-order valence-electron chi connectivity index (χ3n) is 2.43. The first-order valence-corrected chi connectivity index (χ1v) is 4.56. The van der Waals surface area contributed by atoms with Crippen LogP contribution in [0.2, 0.25) is 0 Å². The van der Waals surface area contributed by atoms with Gasteiger partial charge in [0.2, 0.25) is 0 Å². The molecule has 2 atom stereocenters. The first-order chi connectivity index (χ1) is 4.83. The van der Waals surface area contributed by atoms with Gasteiger partial charge in [0.05, 0.1) is 0 Å². The van der Waals surface area contributed by atoms with Crippen molar-refractivity contribution in [3.8, 4) is 0 Å². The van der Waals surface area contributed by atoms with E-state index in [0.29, 0.717) is 0 Å². The van der Waals surface area contributed by atoms with Crippen molar-refractivity contribution in [2.45, 2.75) is 45.6 Å². The van der Waals surface area contributed by atoms with Gasteiger partial charge in [-0.05, 0) is 32.2 Å². The van der Waals surface area contributed by atoms with E-state index in [1.54, 1.807) is 0 Å². The van der Waals surface area contributed by atoms with Crippen LogP contribution in [0.25, 0.3) is 0 Å². The van der Waals surface area contributed by atoms with Gasteiger partial charge in [-0.3, -0.25) is 0 Å². The molecule has 60 valence electrons. The van der Waals surface area contributed by atoms with Crippen LogP contribution in [0.3, 0.4) is 0 Å². The molecular weight excluding hydrogens is 122 g/mol. The number of hydrogen-bond donors (Lipinski definition) is 1. The molecule has 1 unspecified atom stereocenters. The van der Waals surface area contributed by atoms with Crippen molar-refractivity contribution in [3.63, 3.8) is 0 Å². The van der Waals surface area contributed by atoms with Gasteiger partial charge in [-0.25, -0.2) is 0 Å². The van der Waals surface area contributed by atoms with Gasteiger partial charge in [0.25, 0.3) is 0 Å². The van der Waals surface area contributed by atoms with Crippen LogP contribution >= 0.6 is 0 Å². The molecule has 1 nitrogen and oxygen atoms in total. The maximum Gasteiger partial charge on any atom is 0.00413 e. The number of nitrogens with one attached hydrogen (secondary N) is 1. The van der Waals surface area contributed by atoms with Crippen LogP contribution in [0.5, 0.6) is 0 Å². The van der Waals surface area contributed by atoms with Crippen molar-refractivity contribution in [3.05, 3.63) is 0 Å². The van der Waals surface area contributed by atoms with E-state index in [0.717, 1.165) is 12.0 Å². The monoisotopic (exact) mass is 141 g/mol. The van der Waals surface area contributed by atoms with E-state index in [2.05, 4.69) is 19.2 Å². The molecule has 1 saturated heterocycles. The maximum absolute atomic E-state index is 3.47. The number of hydrogen-bond acceptors (Lipinski definition) is 1. The highest BCUT2D eigenvalue weighted by Crippen LogP contribution is 2.20. The van der Waals surface area contributed by atoms with Crippen molar-refractivity contribution in [2.24, 2.45) is 5.92 Å². The molecule has 1 aliphatic heterocycles. The Bertz CT molecular complexity index is 88.7. The molecule has 0 aromatic heterocycles. The highest BCUT2D eigenvalue weighted by Gasteiger charge is 2.16. The zero-order chi connectivity index (χ0) is 7.40. The molecule has 1 heteroatoms. The molecule has 0 aromatic carbocycles. The van der Waals surface area contributed by atoms with Crippen molar-refractivity contribution in [2.75, 3.05) is 6.54 Å². The highest BCUT2D eigenvalue weighted by molar-refractivity contribution is 4.74. The molecule has 0 aromatic rings. The largest absolute Gasteiger partial charge is 0.314 e. The standard InChI is InChI=1S/C9H19N/c1-3-4-9-5-6-10-8(2)7-9/h8-10H,3-7H2,1-2H3/t8?,9-/m1/s1. The molecule has 0 aliphatic carbocycles. The summed E-state index contributed by atoms with van der Waals surface area (Å²) in [6.07, 6.45) is 5.59. The summed E-state index contributed by atoms with van der Waals surface area (Å²) in [6, 6.07) is 0.769. The van der Waals surface area contributed by atoms with Gasteiger partial charge >= 0.3 is 0 Å². The van der Waals surface area contributed by atoms with E-state index in [-0.39, 0.29) is 0 Å². The summed E-state index contributed by atoms with van der Waals surface area (Å²) in [7, 11) is 0. The van der Waals surface area contributed by atoms with Crippen molar-refractivity contribution in [1.82, 2.24) is 5.32 Å². The van der Waals surface area contributed by atoms with Gasteiger partial charge < -0.3 is 5.32 Å². The Morgan fingerprint density at radius 3 is 2.90 bits per heavy atom. The van der Waals surface area contributed by atoms with Crippen LogP contribution in [0.4, 0.5) is 0 Å². The fourth-order valence-corrected chi connectivity index (χ4v) is 1.91. The summed E-state index contributed by atoms with van der Waals surface area (Å²) in [4.78, 5) is 0. The topological polar surface area (TPSA) is 12.0 Å². The summed E-state index contributed by atoms with van der Waals surface area (Å²) in [5.74, 6) is 1.02. The van der Waals surface area contributed by atoms with Gasteiger partial charge in [-0.15, -0.1) is 0 Å². The molecule has 10 heavy (non-hydrogen) atoms. The second-order valence-corrected chi connectivity index (χ2v) is 3.53. The second-order valence-electron chi connectivity index (χ2n) is 3.53. The van der Waals surface area contributed by atoms with Crippen LogP contribution < -0.4 is 5.32 Å². The lowest BCUT2D eigenvalue weighted by molar-refractivity contribution is 0.299. The first kappa shape index (κ1) is 8.06. The maximum atomic E-state index is 3.47. The molecular formula is C9H19N. The first-order valence-electron chi connectivity index (χ1n) is 4.56. The van der Waals surface area contributed by atoms with Crippen LogP contribution in [-0.4, -0.2) is 12.6 Å². The zero-order valence-corrected chi connectivity index (χ0v) is 7.19. The minimum absolute atomic E-state index is 0.769. The molecule has 1 heterocycles. The lowest BCUT2D eigenvalue weighted by atomic mass is 9.90. The minimum Gasteiger partial charge on any atom is -0.314 e. The summed E-state index contributed by atoms with van der Waals surface area (Å²) in [6.45, 7) is 5.82. The Hall–Kier alpha value is -0.0400. The Morgan fingerprint density at radius 1 is 1.50 bits per heavy atom. The highest BCUT2D eigenvalue weighted by atomic mass is 14.9. The van der Waals surface area contributed by atoms with Crippen LogP contribution in [0, 0.1) is 5.92 Å². The zero-order valence-electron chi connectivity index (χ0n) is 7.19. The van der Waals surface area contributed by atoms with Gasteiger partial charge in [0.15, 0.2) is 0 Å². The van der Waals surface area contributed by atoms with Crippen molar-refractivity contribution in [1.29, 1.82) is 0 Å². The van der Waals surface area contributed by atoms with E-state index < -0.39 is 0 Å². The molecule has 0 spiro atoms. The number of rotatable bonds is 2. The fraction of sp³-hybridized carbons (Fsp3) is 1.00. The fourth-order valence-electron chi connectivity index (χ4n) is 1.91. The number of piperidine rings is 1. The summed E-state index contributed by atoms with van der Waals surface area (Å²) in [5, 5.41) is 3.47. The molecule has 1 rings (SSSR count). The van der Waals surface area contributed by atoms with E-state index in [1.165, 1.54) is 32.2 Å². The Balaban J connectivity index is 2.18. The Labute approximate surface area is 64.2 Å². The predicted octanol–water partition coefficient (Wildman–Crippen LogP) is 2.17. The molecule has 1 fully saturated rings. The average molecular weight is 141 g/mol. The normalized spacial score (nSPS) is 34.2. The summed E-state index contributed by atoms with van der Waals surface area (Å²) >= 11 is 0. The van der Waals surface area contributed by atoms with Gasteiger partial charge in [-0.1, -0.05) is 19.8 Å². The quantitative estimate of drug-likeness (QED) is 0.621. The molecule has 0 amide bonds. The minimum atomic E-state index is 0.769. The predicted molar refractivity (Wildman–Crippen MR) is 45.1 cm³/mol. The Kier molecular flexibility index (Phi) is 3.20. The third kappa shape index (κ3) is 2.30. The third-order valence-corrected chi connectivity index (χ3v) is 2.43. The molecule has 0 bridgehead atoms. The molecule has 1 aliphatic rings. The van der Waals surface area contributed by atoms with Crippen LogP contribution in [0.15, 0.2) is 0 Å². The average Bonchev–Trinajstić information content (AvgIpc) is 1.88. The van der Waals surface area contributed by atoms with Gasteiger partial charge in [0, 0.05) is 6.04 Å². The van der Waals surface area contributed by atoms with Crippen LogP contribution in [-0.2, 0) is 0 Å². The molecule has 0 radical (unpaired) electrons. The summed E-state index contributed by atoms with van der Waals surface area (Å²) < 4.78 is 0. The lowest BCUT2D eigenvalue weighted by Crippen LogP contribution is -2.35. The smallest absolute Gasteiger partial charge is 0.00413 e. The second kappa shape index (κ2) is 3.97. The Morgan fingerprint density at radius 2 is 2.30 bits per heavy atom. The molecule has 0 saturated carbocycles. The van der Waals surface area contributed by atoms with Crippen molar-refractivity contribution < 1.29 is 0 Å². The summed E-state index contributed by atoms with van der Waals surface area (Å²) in [5.41, 5.74) is 0. The lowest BCUT2D eigenvalue weighted by Gasteiger charge is -2.27. The van der Waals surface area contributed by atoms with E-state index in [9.17, 15) is 0 Å². The van der Waals surface area contributed by atoms with Crippen LogP contribution in [0.1, 0.15) is 39.5 Å². The van der Waals surface area contributed by atoms with Gasteiger partial charge in [0.1, 0.15) is 0 Å². The van der Waals surface area contributed by atoms with E-state index in [4.69, 9.17) is 0 Å². The SMILES string of the molecule is CCC[C@@H]1CCNC(C)C1.